The van der Waals surface area contributed by atoms with Crippen LogP contribution in [0.2, 0.25) is 10.0 Å². The van der Waals surface area contributed by atoms with Gasteiger partial charge in [0, 0.05) is 15.6 Å². The number of ether oxygens (including phenoxy) is 2. The van der Waals surface area contributed by atoms with Gasteiger partial charge in [-0.15, -0.1) is 0 Å². The summed E-state index contributed by atoms with van der Waals surface area (Å²) in [4.78, 5) is 7.65. The number of imidazole rings is 1. The van der Waals surface area contributed by atoms with Crippen molar-refractivity contribution in [2.45, 2.75) is 13.5 Å². The van der Waals surface area contributed by atoms with Crippen LogP contribution in [0.4, 0.5) is 5.95 Å². The third kappa shape index (κ3) is 5.10. The lowest BCUT2D eigenvalue weighted by atomic mass is 10.2. The van der Waals surface area contributed by atoms with Crippen LogP contribution in [0, 0.1) is 6.92 Å². The second kappa shape index (κ2) is 9.29. The SMILES string of the molecule is COc1cc(/C=N\Nc2nc3ccc(C)cc3[nH]2)ccc1OCc1ccc(Cl)cc1Cl. The second-order valence-electron chi connectivity index (χ2n) is 6.91. The topological polar surface area (TPSA) is 71.5 Å². The Morgan fingerprint density at radius 1 is 1.06 bits per heavy atom. The molecule has 0 radical (unpaired) electrons. The summed E-state index contributed by atoms with van der Waals surface area (Å²) in [6.45, 7) is 2.34. The van der Waals surface area contributed by atoms with Gasteiger partial charge in [-0.3, -0.25) is 0 Å². The van der Waals surface area contributed by atoms with E-state index in [1.165, 1.54) is 5.56 Å². The van der Waals surface area contributed by atoms with Crippen LogP contribution in [0.15, 0.2) is 59.7 Å². The lowest BCUT2D eigenvalue weighted by Gasteiger charge is -2.12. The van der Waals surface area contributed by atoms with E-state index < -0.39 is 0 Å². The molecule has 8 heteroatoms. The van der Waals surface area contributed by atoms with Crippen LogP contribution in [-0.4, -0.2) is 23.3 Å². The predicted octanol–water partition coefficient (Wildman–Crippen LogP) is 6.21. The van der Waals surface area contributed by atoms with Crippen LogP contribution in [0.5, 0.6) is 11.5 Å². The fourth-order valence-electron chi connectivity index (χ4n) is 3.02. The summed E-state index contributed by atoms with van der Waals surface area (Å²) in [6.07, 6.45) is 1.68. The molecule has 0 atom stereocenters. The first-order chi connectivity index (χ1) is 15.0. The summed E-state index contributed by atoms with van der Waals surface area (Å²) >= 11 is 12.1. The standard InChI is InChI=1S/C23H20Cl2N4O2/c1-14-3-7-19-20(9-14)28-23(27-19)29-26-12-15-4-8-21(22(10-15)30-2)31-13-16-5-6-17(24)11-18(16)25/h3-12H,13H2,1-2H3,(H2,27,28,29)/b26-12-. The molecule has 0 spiro atoms. The summed E-state index contributed by atoms with van der Waals surface area (Å²) in [7, 11) is 1.59. The molecule has 0 unspecified atom stereocenters. The number of fused-ring (bicyclic) bond motifs is 1. The van der Waals surface area contributed by atoms with Crippen molar-refractivity contribution in [2.75, 3.05) is 12.5 Å². The number of methoxy groups -OCH3 is 1. The minimum atomic E-state index is 0.298. The lowest BCUT2D eigenvalue weighted by Crippen LogP contribution is -1.99. The van der Waals surface area contributed by atoms with Gasteiger partial charge in [0.2, 0.25) is 5.95 Å². The molecule has 0 aliphatic rings. The van der Waals surface area contributed by atoms with Gasteiger partial charge in [0.1, 0.15) is 6.61 Å². The molecule has 4 aromatic rings. The molecule has 31 heavy (non-hydrogen) atoms. The molecule has 3 aromatic carbocycles. The van der Waals surface area contributed by atoms with Crippen molar-refractivity contribution in [1.82, 2.24) is 9.97 Å². The molecular formula is C23H20Cl2N4O2. The van der Waals surface area contributed by atoms with Crippen molar-refractivity contribution in [3.8, 4) is 11.5 Å². The van der Waals surface area contributed by atoms with Gasteiger partial charge in [-0.1, -0.05) is 35.3 Å². The number of rotatable bonds is 7. The largest absolute Gasteiger partial charge is 0.493 e. The minimum absolute atomic E-state index is 0.298. The highest BCUT2D eigenvalue weighted by Gasteiger charge is 2.08. The molecule has 0 saturated heterocycles. The smallest absolute Gasteiger partial charge is 0.222 e. The highest BCUT2D eigenvalue weighted by atomic mass is 35.5. The van der Waals surface area contributed by atoms with Crippen LogP contribution < -0.4 is 14.9 Å². The van der Waals surface area contributed by atoms with E-state index in [0.717, 1.165) is 22.2 Å². The quantitative estimate of drug-likeness (QED) is 0.257. The molecular weight excluding hydrogens is 435 g/mol. The van der Waals surface area contributed by atoms with Crippen molar-refractivity contribution < 1.29 is 9.47 Å². The minimum Gasteiger partial charge on any atom is -0.493 e. The molecule has 0 fully saturated rings. The van der Waals surface area contributed by atoms with E-state index in [1.54, 1.807) is 25.5 Å². The Kier molecular flexibility index (Phi) is 6.30. The lowest BCUT2D eigenvalue weighted by molar-refractivity contribution is 0.284. The van der Waals surface area contributed by atoms with Crippen LogP contribution in [0.1, 0.15) is 16.7 Å². The van der Waals surface area contributed by atoms with Crippen LogP contribution in [0.25, 0.3) is 11.0 Å². The highest BCUT2D eigenvalue weighted by Crippen LogP contribution is 2.30. The first kappa shape index (κ1) is 21.0. The number of aromatic amines is 1. The Bertz CT molecular complexity index is 1250. The average molecular weight is 455 g/mol. The number of hydrazone groups is 1. The van der Waals surface area contributed by atoms with E-state index >= 15 is 0 Å². The van der Waals surface area contributed by atoms with Crippen LogP contribution in [-0.2, 0) is 6.61 Å². The first-order valence-electron chi connectivity index (χ1n) is 9.52. The highest BCUT2D eigenvalue weighted by molar-refractivity contribution is 6.35. The second-order valence-corrected chi connectivity index (χ2v) is 7.75. The summed E-state index contributed by atoms with van der Waals surface area (Å²) in [5.74, 6) is 1.77. The van der Waals surface area contributed by atoms with E-state index in [2.05, 4.69) is 20.5 Å². The van der Waals surface area contributed by atoms with Gasteiger partial charge in [0.15, 0.2) is 11.5 Å². The maximum Gasteiger partial charge on any atom is 0.222 e. The normalized spacial score (nSPS) is 11.2. The van der Waals surface area contributed by atoms with Crippen LogP contribution in [0.3, 0.4) is 0 Å². The fourth-order valence-corrected chi connectivity index (χ4v) is 3.49. The molecule has 0 saturated carbocycles. The Morgan fingerprint density at radius 2 is 1.94 bits per heavy atom. The number of H-pyrrole nitrogens is 1. The molecule has 2 N–H and O–H groups in total. The molecule has 1 heterocycles. The fraction of sp³-hybridized carbons (Fsp3) is 0.130. The number of hydrogen-bond donors (Lipinski definition) is 2. The maximum absolute atomic E-state index is 6.21. The Hall–Kier alpha value is -3.22. The number of halogens is 2. The van der Waals surface area contributed by atoms with E-state index in [-0.39, 0.29) is 0 Å². The summed E-state index contributed by atoms with van der Waals surface area (Å²) in [6, 6.07) is 16.9. The van der Waals surface area contributed by atoms with Crippen molar-refractivity contribution >= 4 is 46.4 Å². The molecule has 6 nitrogen and oxygen atoms in total. The number of benzene rings is 3. The summed E-state index contributed by atoms with van der Waals surface area (Å²) in [5, 5.41) is 5.39. The predicted molar refractivity (Wildman–Crippen MR) is 126 cm³/mol. The van der Waals surface area contributed by atoms with E-state index in [1.807, 2.05) is 49.4 Å². The molecule has 158 valence electrons. The number of anilines is 1. The van der Waals surface area contributed by atoms with Gasteiger partial charge in [-0.25, -0.2) is 10.4 Å². The first-order valence-corrected chi connectivity index (χ1v) is 10.3. The molecule has 4 rings (SSSR count). The Morgan fingerprint density at radius 3 is 2.74 bits per heavy atom. The van der Waals surface area contributed by atoms with E-state index in [4.69, 9.17) is 32.7 Å². The summed E-state index contributed by atoms with van der Waals surface area (Å²) in [5.41, 5.74) is 7.60. The van der Waals surface area contributed by atoms with Gasteiger partial charge < -0.3 is 14.5 Å². The molecule has 0 bridgehead atoms. The number of hydrogen-bond acceptors (Lipinski definition) is 5. The number of nitrogens with zero attached hydrogens (tertiary/aromatic N) is 2. The van der Waals surface area contributed by atoms with E-state index in [0.29, 0.717) is 34.1 Å². The van der Waals surface area contributed by atoms with Gasteiger partial charge in [0.05, 0.1) is 24.4 Å². The monoisotopic (exact) mass is 454 g/mol. The Balaban J connectivity index is 1.43. The van der Waals surface area contributed by atoms with Crippen molar-refractivity contribution in [2.24, 2.45) is 5.10 Å². The van der Waals surface area contributed by atoms with Gasteiger partial charge in [0.25, 0.3) is 0 Å². The number of aryl methyl sites for hydroxylation is 1. The number of nitrogens with one attached hydrogen (secondary N) is 2. The maximum atomic E-state index is 6.21. The van der Waals surface area contributed by atoms with Crippen molar-refractivity contribution in [1.29, 1.82) is 0 Å². The van der Waals surface area contributed by atoms with E-state index in [9.17, 15) is 0 Å². The van der Waals surface area contributed by atoms with Crippen LogP contribution >= 0.6 is 23.2 Å². The third-order valence-electron chi connectivity index (χ3n) is 4.61. The molecule has 0 aliphatic carbocycles. The average Bonchev–Trinajstić information content (AvgIpc) is 3.15. The zero-order valence-electron chi connectivity index (χ0n) is 16.9. The van der Waals surface area contributed by atoms with Gasteiger partial charge >= 0.3 is 0 Å². The molecule has 0 amide bonds. The van der Waals surface area contributed by atoms with Crippen molar-refractivity contribution in [3.63, 3.8) is 0 Å². The molecule has 1 aromatic heterocycles. The Labute approximate surface area is 189 Å². The third-order valence-corrected chi connectivity index (χ3v) is 5.19. The van der Waals surface area contributed by atoms with Gasteiger partial charge in [-0.2, -0.15) is 5.10 Å². The number of aromatic nitrogens is 2. The zero-order chi connectivity index (χ0) is 21.8. The zero-order valence-corrected chi connectivity index (χ0v) is 18.5. The van der Waals surface area contributed by atoms with Crippen molar-refractivity contribution in [3.05, 3.63) is 81.3 Å². The molecule has 0 aliphatic heterocycles. The van der Waals surface area contributed by atoms with Gasteiger partial charge in [-0.05, 0) is 60.5 Å². The summed E-state index contributed by atoms with van der Waals surface area (Å²) < 4.78 is 11.3.